The molecule has 22 heavy (non-hydrogen) atoms. The SMILES string of the molecule is Cc1nccc(C(=O)N2CCC[C@@H](c3ccnc(C)n3)C2)n1. The van der Waals surface area contributed by atoms with Crippen LogP contribution in [0, 0.1) is 13.8 Å². The van der Waals surface area contributed by atoms with E-state index in [1.54, 1.807) is 25.4 Å². The summed E-state index contributed by atoms with van der Waals surface area (Å²) < 4.78 is 0. The molecule has 0 radical (unpaired) electrons. The average molecular weight is 297 g/mol. The van der Waals surface area contributed by atoms with E-state index >= 15 is 0 Å². The Kier molecular flexibility index (Phi) is 4.09. The molecule has 1 amide bonds. The first kappa shape index (κ1) is 14.6. The van der Waals surface area contributed by atoms with E-state index in [1.807, 2.05) is 17.9 Å². The molecule has 6 heteroatoms. The third-order valence-electron chi connectivity index (χ3n) is 3.92. The van der Waals surface area contributed by atoms with Crippen molar-refractivity contribution in [1.82, 2.24) is 24.8 Å². The zero-order valence-electron chi connectivity index (χ0n) is 12.9. The third-order valence-corrected chi connectivity index (χ3v) is 3.92. The molecule has 3 heterocycles. The van der Waals surface area contributed by atoms with Gasteiger partial charge in [0.2, 0.25) is 0 Å². The fourth-order valence-electron chi connectivity index (χ4n) is 2.84. The van der Waals surface area contributed by atoms with Crippen LogP contribution in [0.15, 0.2) is 24.5 Å². The number of amides is 1. The molecule has 1 atom stereocenters. The van der Waals surface area contributed by atoms with Crippen molar-refractivity contribution >= 4 is 5.91 Å². The summed E-state index contributed by atoms with van der Waals surface area (Å²) in [5, 5.41) is 0. The zero-order valence-corrected chi connectivity index (χ0v) is 12.9. The fourth-order valence-corrected chi connectivity index (χ4v) is 2.84. The van der Waals surface area contributed by atoms with Crippen LogP contribution in [0.5, 0.6) is 0 Å². The normalized spacial score (nSPS) is 18.3. The van der Waals surface area contributed by atoms with Gasteiger partial charge in [-0.2, -0.15) is 0 Å². The summed E-state index contributed by atoms with van der Waals surface area (Å²) in [5.41, 5.74) is 1.48. The minimum Gasteiger partial charge on any atom is -0.337 e. The van der Waals surface area contributed by atoms with Gasteiger partial charge >= 0.3 is 0 Å². The number of hydrogen-bond acceptors (Lipinski definition) is 5. The monoisotopic (exact) mass is 297 g/mol. The molecule has 2 aromatic heterocycles. The molecule has 0 saturated carbocycles. The Morgan fingerprint density at radius 3 is 2.59 bits per heavy atom. The molecule has 0 unspecified atom stereocenters. The van der Waals surface area contributed by atoms with Gasteiger partial charge in [0.1, 0.15) is 17.3 Å². The van der Waals surface area contributed by atoms with Gasteiger partial charge in [-0.3, -0.25) is 4.79 Å². The summed E-state index contributed by atoms with van der Waals surface area (Å²) in [4.78, 5) is 31.4. The highest BCUT2D eigenvalue weighted by Gasteiger charge is 2.27. The van der Waals surface area contributed by atoms with Crippen LogP contribution in [0.4, 0.5) is 0 Å². The number of rotatable bonds is 2. The Balaban J connectivity index is 1.77. The minimum absolute atomic E-state index is 0.0269. The first-order chi connectivity index (χ1) is 10.6. The Labute approximate surface area is 129 Å². The average Bonchev–Trinajstić information content (AvgIpc) is 2.54. The summed E-state index contributed by atoms with van der Waals surface area (Å²) in [7, 11) is 0. The second kappa shape index (κ2) is 6.17. The molecule has 1 aliphatic rings. The second-order valence-electron chi connectivity index (χ2n) is 5.61. The number of nitrogens with zero attached hydrogens (tertiary/aromatic N) is 5. The van der Waals surface area contributed by atoms with Crippen molar-refractivity contribution in [2.45, 2.75) is 32.6 Å². The molecular formula is C16H19N5O. The van der Waals surface area contributed by atoms with E-state index in [9.17, 15) is 4.79 Å². The van der Waals surface area contributed by atoms with E-state index < -0.39 is 0 Å². The highest BCUT2D eigenvalue weighted by Crippen LogP contribution is 2.26. The number of piperidine rings is 1. The van der Waals surface area contributed by atoms with Crippen LogP contribution in [0.25, 0.3) is 0 Å². The van der Waals surface area contributed by atoms with Gasteiger partial charge in [-0.05, 0) is 38.8 Å². The quantitative estimate of drug-likeness (QED) is 0.846. The smallest absolute Gasteiger partial charge is 0.272 e. The van der Waals surface area contributed by atoms with Crippen molar-refractivity contribution < 1.29 is 4.79 Å². The largest absolute Gasteiger partial charge is 0.337 e. The van der Waals surface area contributed by atoms with Crippen molar-refractivity contribution in [2.24, 2.45) is 0 Å². The molecule has 0 aromatic carbocycles. The fraction of sp³-hybridized carbons (Fsp3) is 0.438. The van der Waals surface area contributed by atoms with Crippen molar-refractivity contribution in [3.63, 3.8) is 0 Å². The Morgan fingerprint density at radius 1 is 1.14 bits per heavy atom. The summed E-state index contributed by atoms with van der Waals surface area (Å²) in [6, 6.07) is 3.62. The molecule has 0 aliphatic carbocycles. The van der Waals surface area contributed by atoms with Gasteiger partial charge in [0, 0.05) is 37.1 Å². The molecular weight excluding hydrogens is 278 g/mol. The van der Waals surface area contributed by atoms with Gasteiger partial charge in [-0.15, -0.1) is 0 Å². The van der Waals surface area contributed by atoms with Gasteiger partial charge in [0.25, 0.3) is 5.91 Å². The highest BCUT2D eigenvalue weighted by molar-refractivity contribution is 5.92. The first-order valence-electron chi connectivity index (χ1n) is 7.52. The van der Waals surface area contributed by atoms with Gasteiger partial charge in [-0.25, -0.2) is 19.9 Å². The van der Waals surface area contributed by atoms with Crippen LogP contribution in [0.3, 0.4) is 0 Å². The highest BCUT2D eigenvalue weighted by atomic mass is 16.2. The molecule has 1 saturated heterocycles. The molecule has 3 rings (SSSR count). The van der Waals surface area contributed by atoms with Crippen LogP contribution in [-0.2, 0) is 0 Å². The molecule has 1 aliphatic heterocycles. The van der Waals surface area contributed by atoms with E-state index in [4.69, 9.17) is 0 Å². The predicted molar refractivity (Wildman–Crippen MR) is 81.4 cm³/mol. The molecule has 0 bridgehead atoms. The summed E-state index contributed by atoms with van der Waals surface area (Å²) >= 11 is 0. The summed E-state index contributed by atoms with van der Waals surface area (Å²) in [6.07, 6.45) is 5.43. The number of carbonyl (C=O) groups excluding carboxylic acids is 1. The number of carbonyl (C=O) groups is 1. The third kappa shape index (κ3) is 3.10. The van der Waals surface area contributed by atoms with E-state index in [0.717, 1.165) is 30.9 Å². The standard InChI is InChI=1S/C16H19N5O/c1-11-17-7-5-14(19-11)13-4-3-9-21(10-13)16(22)15-6-8-18-12(2)20-15/h5-8,13H,3-4,9-10H2,1-2H3/t13-/m1/s1. The second-order valence-corrected chi connectivity index (χ2v) is 5.61. The van der Waals surface area contributed by atoms with Crippen molar-refractivity contribution in [1.29, 1.82) is 0 Å². The van der Waals surface area contributed by atoms with E-state index in [2.05, 4.69) is 19.9 Å². The maximum absolute atomic E-state index is 12.6. The van der Waals surface area contributed by atoms with Gasteiger partial charge < -0.3 is 4.90 Å². The first-order valence-corrected chi connectivity index (χ1v) is 7.52. The van der Waals surface area contributed by atoms with E-state index in [1.165, 1.54) is 0 Å². The van der Waals surface area contributed by atoms with Crippen molar-refractivity contribution in [3.05, 3.63) is 47.6 Å². The molecule has 6 nitrogen and oxygen atoms in total. The Morgan fingerprint density at radius 2 is 1.86 bits per heavy atom. The lowest BCUT2D eigenvalue weighted by molar-refractivity contribution is 0.0699. The molecule has 2 aromatic rings. The number of hydrogen-bond donors (Lipinski definition) is 0. The maximum atomic E-state index is 12.6. The lowest BCUT2D eigenvalue weighted by atomic mass is 9.94. The van der Waals surface area contributed by atoms with Crippen LogP contribution in [-0.4, -0.2) is 43.8 Å². The lowest BCUT2D eigenvalue weighted by Crippen LogP contribution is -2.39. The van der Waals surface area contributed by atoms with Gasteiger partial charge in [0.05, 0.1) is 0 Å². The van der Waals surface area contributed by atoms with Crippen LogP contribution in [0.1, 0.15) is 46.6 Å². The lowest BCUT2D eigenvalue weighted by Gasteiger charge is -2.32. The Bertz CT molecular complexity index is 688. The predicted octanol–water partition coefficient (Wildman–Crippen LogP) is 1.90. The number of aromatic nitrogens is 4. The zero-order chi connectivity index (χ0) is 15.5. The van der Waals surface area contributed by atoms with E-state index in [-0.39, 0.29) is 11.8 Å². The van der Waals surface area contributed by atoms with Crippen LogP contribution >= 0.6 is 0 Å². The number of aryl methyl sites for hydroxylation is 2. The minimum atomic E-state index is -0.0269. The van der Waals surface area contributed by atoms with Crippen LogP contribution < -0.4 is 0 Å². The van der Waals surface area contributed by atoms with Crippen LogP contribution in [0.2, 0.25) is 0 Å². The summed E-state index contributed by atoms with van der Waals surface area (Å²) in [5.74, 6) is 1.63. The number of likely N-dealkylation sites (tertiary alicyclic amines) is 1. The van der Waals surface area contributed by atoms with E-state index in [0.29, 0.717) is 18.1 Å². The molecule has 0 spiro atoms. The summed E-state index contributed by atoms with van der Waals surface area (Å²) in [6.45, 7) is 5.12. The van der Waals surface area contributed by atoms with Gasteiger partial charge in [-0.1, -0.05) is 0 Å². The maximum Gasteiger partial charge on any atom is 0.272 e. The Hall–Kier alpha value is -2.37. The topological polar surface area (TPSA) is 71.9 Å². The van der Waals surface area contributed by atoms with Crippen molar-refractivity contribution in [3.8, 4) is 0 Å². The molecule has 0 N–H and O–H groups in total. The van der Waals surface area contributed by atoms with Gasteiger partial charge in [0.15, 0.2) is 0 Å². The molecule has 114 valence electrons. The molecule has 1 fully saturated rings. The van der Waals surface area contributed by atoms with Crippen molar-refractivity contribution in [2.75, 3.05) is 13.1 Å².